The molecule has 26 heavy (non-hydrogen) atoms. The number of sulfonamides is 1. The molecular weight excluding hydrogens is 374 g/mol. The summed E-state index contributed by atoms with van der Waals surface area (Å²) in [6.45, 7) is 1.81. The number of rotatable bonds is 4. The highest BCUT2D eigenvalue weighted by molar-refractivity contribution is 7.92. The summed E-state index contributed by atoms with van der Waals surface area (Å²) in [7, 11) is -3.38. The van der Waals surface area contributed by atoms with E-state index in [2.05, 4.69) is 10.0 Å². The predicted molar refractivity (Wildman–Crippen MR) is 106 cm³/mol. The molecule has 0 saturated heterocycles. The third-order valence-electron chi connectivity index (χ3n) is 5.47. The van der Waals surface area contributed by atoms with Gasteiger partial charge in [0.25, 0.3) is 5.91 Å². The maximum absolute atomic E-state index is 12.7. The molecule has 3 rings (SSSR count). The van der Waals surface area contributed by atoms with Crippen LogP contribution in [0, 0.1) is 18.8 Å². The largest absolute Gasteiger partial charge is 0.349 e. The van der Waals surface area contributed by atoms with Crippen molar-refractivity contribution < 1.29 is 13.2 Å². The van der Waals surface area contributed by atoms with E-state index >= 15 is 0 Å². The van der Waals surface area contributed by atoms with Gasteiger partial charge in [0, 0.05) is 17.6 Å². The summed E-state index contributed by atoms with van der Waals surface area (Å²) in [5, 5.41) is 3.20. The molecule has 1 aromatic carbocycles. The molecule has 0 spiro atoms. The van der Waals surface area contributed by atoms with Gasteiger partial charge in [0.05, 0.1) is 11.9 Å². The van der Waals surface area contributed by atoms with Crippen molar-refractivity contribution in [3.8, 4) is 0 Å². The Bertz CT molecular complexity index is 755. The average Bonchev–Trinajstić information content (AvgIpc) is 2.49. The van der Waals surface area contributed by atoms with Gasteiger partial charge < -0.3 is 11.1 Å². The molecule has 2 atom stereocenters. The molecule has 1 amide bonds. The maximum atomic E-state index is 12.7. The molecule has 0 heterocycles. The minimum atomic E-state index is -3.38. The normalized spacial score (nSPS) is 28.0. The van der Waals surface area contributed by atoms with Crippen molar-refractivity contribution in [3.05, 3.63) is 29.3 Å². The van der Waals surface area contributed by atoms with Crippen molar-refractivity contribution in [2.75, 3.05) is 11.0 Å². The molecule has 1 aromatic rings. The lowest BCUT2D eigenvalue weighted by atomic mass is 9.67. The van der Waals surface area contributed by atoms with Crippen LogP contribution in [0.5, 0.6) is 0 Å². The third-order valence-corrected chi connectivity index (χ3v) is 6.06. The Kier molecular flexibility index (Phi) is 6.58. The van der Waals surface area contributed by atoms with Crippen LogP contribution >= 0.6 is 12.4 Å². The second kappa shape index (κ2) is 8.15. The first kappa shape index (κ1) is 21.0. The van der Waals surface area contributed by atoms with E-state index < -0.39 is 10.0 Å². The van der Waals surface area contributed by atoms with E-state index in [-0.39, 0.29) is 30.4 Å². The Hall–Kier alpha value is -1.31. The van der Waals surface area contributed by atoms with Crippen LogP contribution in [-0.4, -0.2) is 32.7 Å². The Labute approximate surface area is 161 Å². The zero-order valence-electron chi connectivity index (χ0n) is 15.2. The van der Waals surface area contributed by atoms with Crippen LogP contribution in [0.4, 0.5) is 5.69 Å². The minimum Gasteiger partial charge on any atom is -0.349 e. The van der Waals surface area contributed by atoms with E-state index in [1.165, 1.54) is 6.42 Å². The highest BCUT2D eigenvalue weighted by atomic mass is 35.5. The summed E-state index contributed by atoms with van der Waals surface area (Å²) in [5.41, 5.74) is 7.85. The smallest absolute Gasteiger partial charge is 0.251 e. The number of nitrogens with two attached hydrogens (primary N) is 1. The number of amides is 1. The molecule has 146 valence electrons. The molecule has 0 radical (unpaired) electrons. The van der Waals surface area contributed by atoms with Crippen molar-refractivity contribution >= 4 is 34.0 Å². The van der Waals surface area contributed by atoms with Gasteiger partial charge in [0.2, 0.25) is 10.0 Å². The molecular formula is C18H28ClN3O3S. The van der Waals surface area contributed by atoms with Gasteiger partial charge in [-0.05, 0) is 62.1 Å². The summed E-state index contributed by atoms with van der Waals surface area (Å²) in [4.78, 5) is 12.7. The SMILES string of the molecule is Cc1ccc(C(=O)NC2C3CCCC2CC(N)C3)cc1NS(C)(=O)=O.Cl. The first-order valence-electron chi connectivity index (χ1n) is 8.88. The van der Waals surface area contributed by atoms with Crippen LogP contribution in [0.3, 0.4) is 0 Å². The Morgan fingerprint density at radius 2 is 1.81 bits per heavy atom. The first-order chi connectivity index (χ1) is 11.7. The lowest BCUT2D eigenvalue weighted by Gasteiger charge is -2.45. The summed E-state index contributed by atoms with van der Waals surface area (Å²) in [6.07, 6.45) is 6.48. The van der Waals surface area contributed by atoms with Crippen molar-refractivity contribution in [1.29, 1.82) is 0 Å². The van der Waals surface area contributed by atoms with Crippen molar-refractivity contribution in [2.45, 2.75) is 51.1 Å². The van der Waals surface area contributed by atoms with Crippen LogP contribution in [0.2, 0.25) is 0 Å². The van der Waals surface area contributed by atoms with E-state index in [9.17, 15) is 13.2 Å². The topological polar surface area (TPSA) is 101 Å². The van der Waals surface area contributed by atoms with Crippen molar-refractivity contribution in [1.82, 2.24) is 5.32 Å². The Morgan fingerprint density at radius 1 is 1.19 bits per heavy atom. The molecule has 2 saturated carbocycles. The van der Waals surface area contributed by atoms with Crippen LogP contribution in [0.25, 0.3) is 0 Å². The van der Waals surface area contributed by atoms with Gasteiger partial charge in [-0.3, -0.25) is 9.52 Å². The van der Waals surface area contributed by atoms with E-state index in [0.29, 0.717) is 23.1 Å². The number of benzene rings is 1. The molecule has 2 bridgehead atoms. The lowest BCUT2D eigenvalue weighted by Crippen LogP contribution is -2.53. The quantitative estimate of drug-likeness (QED) is 0.721. The highest BCUT2D eigenvalue weighted by Crippen LogP contribution is 2.39. The maximum Gasteiger partial charge on any atom is 0.251 e. The summed E-state index contributed by atoms with van der Waals surface area (Å²) >= 11 is 0. The monoisotopic (exact) mass is 401 g/mol. The Morgan fingerprint density at radius 3 is 2.38 bits per heavy atom. The third kappa shape index (κ3) is 4.90. The summed E-state index contributed by atoms with van der Waals surface area (Å²) < 4.78 is 25.5. The zero-order valence-corrected chi connectivity index (χ0v) is 16.8. The molecule has 6 nitrogen and oxygen atoms in total. The molecule has 2 unspecified atom stereocenters. The predicted octanol–water partition coefficient (Wildman–Crippen LogP) is 2.42. The van der Waals surface area contributed by atoms with Gasteiger partial charge in [-0.15, -0.1) is 12.4 Å². The second-order valence-electron chi connectivity index (χ2n) is 7.59. The second-order valence-corrected chi connectivity index (χ2v) is 9.33. The summed E-state index contributed by atoms with van der Waals surface area (Å²) in [6, 6.07) is 5.53. The van der Waals surface area contributed by atoms with Crippen molar-refractivity contribution in [2.24, 2.45) is 17.6 Å². The molecule has 8 heteroatoms. The molecule has 0 aliphatic heterocycles. The Balaban J connectivity index is 0.00000243. The molecule has 2 aliphatic carbocycles. The highest BCUT2D eigenvalue weighted by Gasteiger charge is 2.39. The number of halogens is 1. The number of carbonyl (C=O) groups is 1. The number of aryl methyl sites for hydroxylation is 1. The fourth-order valence-corrected chi connectivity index (χ4v) is 4.95. The van der Waals surface area contributed by atoms with Crippen LogP contribution in [-0.2, 0) is 10.0 Å². The van der Waals surface area contributed by atoms with Gasteiger partial charge in [-0.1, -0.05) is 12.5 Å². The lowest BCUT2D eigenvalue weighted by molar-refractivity contribution is 0.0756. The fraction of sp³-hybridized carbons (Fsp3) is 0.611. The van der Waals surface area contributed by atoms with E-state index in [4.69, 9.17) is 5.73 Å². The fourth-order valence-electron chi connectivity index (χ4n) is 4.33. The van der Waals surface area contributed by atoms with Gasteiger partial charge in [-0.2, -0.15) is 0 Å². The van der Waals surface area contributed by atoms with Crippen LogP contribution < -0.4 is 15.8 Å². The van der Waals surface area contributed by atoms with Crippen LogP contribution in [0.1, 0.15) is 48.0 Å². The first-order valence-corrected chi connectivity index (χ1v) is 10.8. The number of fused-ring (bicyclic) bond motifs is 2. The van der Waals surface area contributed by atoms with Gasteiger partial charge in [0.15, 0.2) is 0 Å². The molecule has 2 fully saturated rings. The van der Waals surface area contributed by atoms with E-state index in [1.807, 2.05) is 6.92 Å². The number of anilines is 1. The number of nitrogens with one attached hydrogen (secondary N) is 2. The van der Waals surface area contributed by atoms with Gasteiger partial charge in [-0.25, -0.2) is 8.42 Å². The summed E-state index contributed by atoms with van der Waals surface area (Å²) in [5.74, 6) is 0.755. The number of carbonyl (C=O) groups excluding carboxylic acids is 1. The van der Waals surface area contributed by atoms with Crippen molar-refractivity contribution in [3.63, 3.8) is 0 Å². The molecule has 0 aromatic heterocycles. The van der Waals surface area contributed by atoms with Gasteiger partial charge in [0.1, 0.15) is 0 Å². The number of hydrogen-bond acceptors (Lipinski definition) is 4. The average molecular weight is 402 g/mol. The van der Waals surface area contributed by atoms with E-state index in [0.717, 1.165) is 37.5 Å². The molecule has 4 N–H and O–H groups in total. The number of hydrogen-bond donors (Lipinski definition) is 3. The zero-order chi connectivity index (χ0) is 18.2. The van der Waals surface area contributed by atoms with E-state index in [1.54, 1.807) is 18.2 Å². The molecule has 2 aliphatic rings. The van der Waals surface area contributed by atoms with Gasteiger partial charge >= 0.3 is 0 Å². The minimum absolute atomic E-state index is 0. The van der Waals surface area contributed by atoms with Crippen LogP contribution in [0.15, 0.2) is 18.2 Å². The standard InChI is InChI=1S/C18H27N3O3S.ClH/c1-11-6-7-14(10-16(11)21-25(2,23)24)18(22)20-17-12-4-3-5-13(17)9-15(19)8-12;/h6-7,10,12-13,15,17,21H,3-5,8-9,19H2,1-2H3,(H,20,22);1H.